The van der Waals surface area contributed by atoms with Crippen LogP contribution in [0.2, 0.25) is 0 Å². The smallest absolute Gasteiger partial charge is 0.155 e. The van der Waals surface area contributed by atoms with Gasteiger partial charge in [-0.3, -0.25) is 4.68 Å². The fraction of sp³-hybridized carbons (Fsp3) is 0.188. The molecule has 2 heterocycles. The molecule has 102 valence electrons. The molecule has 0 atom stereocenters. The molecule has 0 fully saturated rings. The van der Waals surface area contributed by atoms with Crippen LogP contribution in [0.15, 0.2) is 40.8 Å². The molecule has 3 aromatic rings. The maximum atomic E-state index is 6.18. The van der Waals surface area contributed by atoms with Crippen molar-refractivity contribution in [1.29, 1.82) is 0 Å². The minimum atomic E-state index is 0.637. The Hall–Kier alpha value is -2.49. The van der Waals surface area contributed by atoms with Crippen LogP contribution in [0, 0.1) is 13.8 Å². The molecule has 0 radical (unpaired) electrons. The SMILES string of the molecule is Cc1ccc(-c2c(-c3ccc(C)o3)nn(C)c2N)cc1. The van der Waals surface area contributed by atoms with Gasteiger partial charge in [0.15, 0.2) is 5.76 Å². The number of aromatic nitrogens is 2. The third kappa shape index (κ3) is 1.99. The molecule has 4 nitrogen and oxygen atoms in total. The van der Waals surface area contributed by atoms with Crippen LogP contribution in [0.25, 0.3) is 22.6 Å². The summed E-state index contributed by atoms with van der Waals surface area (Å²) in [7, 11) is 1.84. The Balaban J connectivity index is 2.21. The first-order valence-corrected chi connectivity index (χ1v) is 6.52. The van der Waals surface area contributed by atoms with E-state index in [0.29, 0.717) is 5.82 Å². The summed E-state index contributed by atoms with van der Waals surface area (Å²) >= 11 is 0. The highest BCUT2D eigenvalue weighted by Gasteiger charge is 2.19. The zero-order valence-electron chi connectivity index (χ0n) is 11.8. The number of furan rings is 1. The van der Waals surface area contributed by atoms with E-state index in [4.69, 9.17) is 10.2 Å². The number of rotatable bonds is 2. The van der Waals surface area contributed by atoms with Crippen LogP contribution < -0.4 is 5.73 Å². The quantitative estimate of drug-likeness (QED) is 0.772. The topological polar surface area (TPSA) is 57.0 Å². The van der Waals surface area contributed by atoms with Crippen molar-refractivity contribution in [1.82, 2.24) is 9.78 Å². The summed E-state index contributed by atoms with van der Waals surface area (Å²) < 4.78 is 7.38. The number of nitrogens with two attached hydrogens (primary N) is 1. The first-order chi connectivity index (χ1) is 9.56. The summed E-state index contributed by atoms with van der Waals surface area (Å²) in [5, 5.41) is 4.49. The van der Waals surface area contributed by atoms with Crippen LogP contribution in [0.1, 0.15) is 11.3 Å². The minimum absolute atomic E-state index is 0.637. The third-order valence-corrected chi connectivity index (χ3v) is 3.41. The fourth-order valence-electron chi connectivity index (χ4n) is 2.28. The van der Waals surface area contributed by atoms with E-state index in [9.17, 15) is 0 Å². The van der Waals surface area contributed by atoms with E-state index >= 15 is 0 Å². The zero-order chi connectivity index (χ0) is 14.3. The molecule has 20 heavy (non-hydrogen) atoms. The van der Waals surface area contributed by atoms with Crippen molar-refractivity contribution in [3.8, 4) is 22.6 Å². The Morgan fingerprint density at radius 2 is 1.75 bits per heavy atom. The molecule has 0 aliphatic rings. The van der Waals surface area contributed by atoms with Crippen molar-refractivity contribution in [2.24, 2.45) is 7.05 Å². The van der Waals surface area contributed by atoms with Gasteiger partial charge in [0.1, 0.15) is 17.3 Å². The predicted molar refractivity (Wildman–Crippen MR) is 80.2 cm³/mol. The lowest BCUT2D eigenvalue weighted by Crippen LogP contribution is -1.97. The van der Waals surface area contributed by atoms with Gasteiger partial charge in [-0.15, -0.1) is 0 Å². The predicted octanol–water partition coefficient (Wildman–Crippen LogP) is 3.55. The average Bonchev–Trinajstić information content (AvgIpc) is 2.97. The first kappa shape index (κ1) is 12.5. The van der Waals surface area contributed by atoms with Crippen molar-refractivity contribution >= 4 is 5.82 Å². The van der Waals surface area contributed by atoms with Gasteiger partial charge in [-0.25, -0.2) is 0 Å². The van der Waals surface area contributed by atoms with E-state index < -0.39 is 0 Å². The summed E-state index contributed by atoms with van der Waals surface area (Å²) in [6, 6.07) is 12.1. The summed E-state index contributed by atoms with van der Waals surface area (Å²) in [6.45, 7) is 3.98. The Morgan fingerprint density at radius 1 is 1.05 bits per heavy atom. The van der Waals surface area contributed by atoms with Gasteiger partial charge in [0.25, 0.3) is 0 Å². The van der Waals surface area contributed by atoms with Crippen LogP contribution in [0.3, 0.4) is 0 Å². The summed E-state index contributed by atoms with van der Waals surface area (Å²) in [5.41, 5.74) is 10.1. The molecule has 0 aliphatic heterocycles. The second-order valence-electron chi connectivity index (χ2n) is 5.01. The number of hydrogen-bond donors (Lipinski definition) is 1. The largest absolute Gasteiger partial charge is 0.460 e. The number of anilines is 1. The van der Waals surface area contributed by atoms with Gasteiger partial charge < -0.3 is 10.2 Å². The van der Waals surface area contributed by atoms with Gasteiger partial charge >= 0.3 is 0 Å². The Labute approximate surface area is 117 Å². The molecule has 0 unspecified atom stereocenters. The molecular formula is C16H17N3O. The highest BCUT2D eigenvalue weighted by Crippen LogP contribution is 2.36. The van der Waals surface area contributed by atoms with Crippen molar-refractivity contribution in [2.75, 3.05) is 5.73 Å². The van der Waals surface area contributed by atoms with E-state index in [1.165, 1.54) is 5.56 Å². The second-order valence-corrected chi connectivity index (χ2v) is 5.01. The third-order valence-electron chi connectivity index (χ3n) is 3.41. The molecule has 0 aliphatic carbocycles. The monoisotopic (exact) mass is 267 g/mol. The van der Waals surface area contributed by atoms with Crippen molar-refractivity contribution in [3.63, 3.8) is 0 Å². The van der Waals surface area contributed by atoms with E-state index in [2.05, 4.69) is 36.3 Å². The van der Waals surface area contributed by atoms with Crippen LogP contribution in [0.4, 0.5) is 5.82 Å². The summed E-state index contributed by atoms with van der Waals surface area (Å²) in [4.78, 5) is 0. The molecule has 0 saturated heterocycles. The van der Waals surface area contributed by atoms with Crippen molar-refractivity contribution in [2.45, 2.75) is 13.8 Å². The van der Waals surface area contributed by atoms with Gasteiger partial charge in [0.05, 0.1) is 5.56 Å². The molecular weight excluding hydrogens is 250 g/mol. The number of benzene rings is 1. The van der Waals surface area contributed by atoms with Gasteiger partial charge in [-0.1, -0.05) is 29.8 Å². The normalized spacial score (nSPS) is 10.9. The molecule has 1 aromatic carbocycles. The number of aryl methyl sites for hydroxylation is 3. The first-order valence-electron chi connectivity index (χ1n) is 6.52. The molecule has 0 spiro atoms. The number of hydrogen-bond acceptors (Lipinski definition) is 3. The fourth-order valence-corrected chi connectivity index (χ4v) is 2.28. The van der Waals surface area contributed by atoms with Crippen LogP contribution >= 0.6 is 0 Å². The van der Waals surface area contributed by atoms with Gasteiger partial charge in [-0.05, 0) is 31.5 Å². The second kappa shape index (κ2) is 4.56. The van der Waals surface area contributed by atoms with Crippen LogP contribution in [-0.4, -0.2) is 9.78 Å². The standard InChI is InChI=1S/C16H17N3O/c1-10-4-7-12(8-5-10)14-15(18-19(3)16(14)17)13-9-6-11(2)20-13/h4-9H,17H2,1-3H3. The maximum absolute atomic E-state index is 6.18. The molecule has 2 aromatic heterocycles. The Kier molecular flexibility index (Phi) is 2.86. The van der Waals surface area contributed by atoms with Crippen molar-refractivity contribution in [3.05, 3.63) is 47.7 Å². The van der Waals surface area contributed by atoms with E-state index in [1.807, 2.05) is 26.1 Å². The molecule has 0 saturated carbocycles. The zero-order valence-corrected chi connectivity index (χ0v) is 11.8. The molecule has 0 amide bonds. The van der Waals surface area contributed by atoms with E-state index in [0.717, 1.165) is 28.3 Å². The summed E-state index contributed by atoms with van der Waals surface area (Å²) in [6.07, 6.45) is 0. The van der Waals surface area contributed by atoms with E-state index in [-0.39, 0.29) is 0 Å². The molecule has 4 heteroatoms. The van der Waals surface area contributed by atoms with Gasteiger partial charge in [0, 0.05) is 7.05 Å². The lowest BCUT2D eigenvalue weighted by atomic mass is 10.0. The Morgan fingerprint density at radius 3 is 2.35 bits per heavy atom. The minimum Gasteiger partial charge on any atom is -0.460 e. The number of nitrogen functional groups attached to an aromatic ring is 1. The van der Waals surface area contributed by atoms with Crippen LogP contribution in [0.5, 0.6) is 0 Å². The lowest BCUT2D eigenvalue weighted by molar-refractivity contribution is 0.545. The van der Waals surface area contributed by atoms with Crippen LogP contribution in [-0.2, 0) is 7.05 Å². The lowest BCUT2D eigenvalue weighted by Gasteiger charge is -2.03. The van der Waals surface area contributed by atoms with Crippen molar-refractivity contribution < 1.29 is 4.42 Å². The Bertz CT molecular complexity index is 751. The molecule has 2 N–H and O–H groups in total. The molecule has 0 bridgehead atoms. The number of nitrogens with zero attached hydrogens (tertiary/aromatic N) is 2. The highest BCUT2D eigenvalue weighted by molar-refractivity contribution is 5.86. The van der Waals surface area contributed by atoms with E-state index in [1.54, 1.807) is 4.68 Å². The van der Waals surface area contributed by atoms with Gasteiger partial charge in [-0.2, -0.15) is 5.10 Å². The van der Waals surface area contributed by atoms with Gasteiger partial charge in [0.2, 0.25) is 0 Å². The highest BCUT2D eigenvalue weighted by atomic mass is 16.3. The molecule has 3 rings (SSSR count). The maximum Gasteiger partial charge on any atom is 0.155 e. The average molecular weight is 267 g/mol. The summed E-state index contributed by atoms with van der Waals surface area (Å²) in [5.74, 6) is 2.24.